The molecule has 132 valence electrons. The lowest BCUT2D eigenvalue weighted by molar-refractivity contribution is 0.180. The number of ether oxygens (including phenoxy) is 1. The zero-order chi connectivity index (χ0) is 17.8. The van der Waals surface area contributed by atoms with Gasteiger partial charge in [-0.3, -0.25) is 0 Å². The maximum absolute atomic E-state index is 12.9. The average Bonchev–Trinajstić information content (AvgIpc) is 3.46. The van der Waals surface area contributed by atoms with Crippen LogP contribution < -0.4 is 10.1 Å². The molecule has 1 atom stereocenters. The molecule has 3 rings (SSSR count). The summed E-state index contributed by atoms with van der Waals surface area (Å²) in [7, 11) is 1.65. The Hall–Kier alpha value is -2.20. The third kappa shape index (κ3) is 4.67. The summed E-state index contributed by atoms with van der Waals surface area (Å²) in [6, 6.07) is 15.1. The van der Waals surface area contributed by atoms with Crippen LogP contribution >= 0.6 is 11.6 Å². The second kappa shape index (κ2) is 7.79. The Labute approximate surface area is 153 Å². The Morgan fingerprint density at radius 3 is 2.40 bits per heavy atom. The summed E-state index contributed by atoms with van der Waals surface area (Å²) >= 11 is 5.91. The number of carbonyl (C=O) groups excluding carboxylic acids is 1. The number of methoxy groups -OCH3 is 1. The van der Waals surface area contributed by atoms with Crippen molar-refractivity contribution < 1.29 is 9.53 Å². The standard InChI is InChI=1S/C20H23ClN2O2/c1-14(16-5-6-16)23(13-15-3-11-19(25-2)12-4-15)20(24)22-18-9-7-17(21)8-10-18/h3-4,7-12,14,16H,5-6,13H2,1-2H3,(H,22,24)/t14-/m0/s1. The Bertz CT molecular complexity index is 711. The first-order chi connectivity index (χ1) is 12.1. The minimum atomic E-state index is -0.0856. The van der Waals surface area contributed by atoms with E-state index in [1.807, 2.05) is 41.3 Å². The van der Waals surface area contributed by atoms with Crippen molar-refractivity contribution in [3.63, 3.8) is 0 Å². The highest BCUT2D eigenvalue weighted by Crippen LogP contribution is 2.36. The molecule has 2 amide bonds. The molecule has 0 spiro atoms. The molecule has 0 bridgehead atoms. The lowest BCUT2D eigenvalue weighted by atomic mass is 10.1. The summed E-state index contributed by atoms with van der Waals surface area (Å²) in [6.07, 6.45) is 2.38. The lowest BCUT2D eigenvalue weighted by Gasteiger charge is -2.30. The van der Waals surface area contributed by atoms with Gasteiger partial charge in [0.2, 0.25) is 0 Å². The molecule has 2 aromatic carbocycles. The van der Waals surface area contributed by atoms with Crippen molar-refractivity contribution in [3.8, 4) is 5.75 Å². The SMILES string of the molecule is COc1ccc(CN(C(=O)Nc2ccc(Cl)cc2)[C@@H](C)C2CC2)cc1. The first-order valence-electron chi connectivity index (χ1n) is 8.53. The van der Waals surface area contributed by atoms with Gasteiger partial charge in [-0.2, -0.15) is 0 Å². The van der Waals surface area contributed by atoms with Crippen LogP contribution in [0.3, 0.4) is 0 Å². The van der Waals surface area contributed by atoms with Crippen LogP contribution in [0.1, 0.15) is 25.3 Å². The zero-order valence-electron chi connectivity index (χ0n) is 14.5. The van der Waals surface area contributed by atoms with Crippen molar-refractivity contribution in [1.82, 2.24) is 4.90 Å². The highest BCUT2D eigenvalue weighted by Gasteiger charge is 2.34. The number of hydrogen-bond donors (Lipinski definition) is 1. The summed E-state index contributed by atoms with van der Waals surface area (Å²) in [6.45, 7) is 2.70. The molecular formula is C20H23ClN2O2. The molecule has 5 heteroatoms. The molecule has 1 aliphatic rings. The number of benzene rings is 2. The van der Waals surface area contributed by atoms with Crippen LogP contribution in [-0.4, -0.2) is 24.1 Å². The quantitative estimate of drug-likeness (QED) is 0.772. The first kappa shape index (κ1) is 17.6. The van der Waals surface area contributed by atoms with Crippen LogP contribution in [0.5, 0.6) is 5.75 Å². The topological polar surface area (TPSA) is 41.6 Å². The van der Waals surface area contributed by atoms with Gasteiger partial charge in [0.1, 0.15) is 5.75 Å². The fourth-order valence-corrected chi connectivity index (χ4v) is 3.02. The molecule has 1 N–H and O–H groups in total. The number of halogens is 1. The molecule has 0 saturated heterocycles. The van der Waals surface area contributed by atoms with E-state index in [-0.39, 0.29) is 12.1 Å². The van der Waals surface area contributed by atoms with E-state index in [0.29, 0.717) is 17.5 Å². The number of hydrogen-bond acceptors (Lipinski definition) is 2. The van der Waals surface area contributed by atoms with Gasteiger partial charge in [-0.05, 0) is 67.6 Å². The van der Waals surface area contributed by atoms with Crippen molar-refractivity contribution in [1.29, 1.82) is 0 Å². The highest BCUT2D eigenvalue weighted by molar-refractivity contribution is 6.30. The fourth-order valence-electron chi connectivity index (χ4n) is 2.89. The Morgan fingerprint density at radius 1 is 1.20 bits per heavy atom. The molecular weight excluding hydrogens is 336 g/mol. The van der Waals surface area contributed by atoms with Crippen LogP contribution in [0.25, 0.3) is 0 Å². The van der Waals surface area contributed by atoms with Gasteiger partial charge in [-0.1, -0.05) is 23.7 Å². The van der Waals surface area contributed by atoms with E-state index in [2.05, 4.69) is 12.2 Å². The van der Waals surface area contributed by atoms with Crippen molar-refractivity contribution in [2.75, 3.05) is 12.4 Å². The van der Waals surface area contributed by atoms with Crippen LogP contribution in [-0.2, 0) is 6.54 Å². The molecule has 0 aliphatic heterocycles. The molecule has 1 saturated carbocycles. The van der Waals surface area contributed by atoms with E-state index in [1.54, 1.807) is 19.2 Å². The highest BCUT2D eigenvalue weighted by atomic mass is 35.5. The molecule has 1 fully saturated rings. The summed E-state index contributed by atoms with van der Waals surface area (Å²) in [5, 5.41) is 3.63. The van der Waals surface area contributed by atoms with Crippen molar-refractivity contribution >= 4 is 23.3 Å². The van der Waals surface area contributed by atoms with E-state index in [0.717, 1.165) is 17.0 Å². The van der Waals surface area contributed by atoms with E-state index in [4.69, 9.17) is 16.3 Å². The minimum absolute atomic E-state index is 0.0856. The lowest BCUT2D eigenvalue weighted by Crippen LogP contribution is -2.42. The molecule has 25 heavy (non-hydrogen) atoms. The minimum Gasteiger partial charge on any atom is -0.497 e. The van der Waals surface area contributed by atoms with E-state index >= 15 is 0 Å². The zero-order valence-corrected chi connectivity index (χ0v) is 15.3. The maximum atomic E-state index is 12.9. The molecule has 0 unspecified atom stereocenters. The normalized spacial score (nSPS) is 14.7. The number of amides is 2. The largest absolute Gasteiger partial charge is 0.497 e. The number of nitrogens with one attached hydrogen (secondary N) is 1. The number of rotatable bonds is 6. The Kier molecular flexibility index (Phi) is 5.49. The van der Waals surface area contributed by atoms with Gasteiger partial charge in [0.05, 0.1) is 7.11 Å². The van der Waals surface area contributed by atoms with Gasteiger partial charge in [0.15, 0.2) is 0 Å². The van der Waals surface area contributed by atoms with Crippen molar-refractivity contribution in [2.45, 2.75) is 32.4 Å². The van der Waals surface area contributed by atoms with Crippen molar-refractivity contribution in [3.05, 3.63) is 59.1 Å². The smallest absolute Gasteiger partial charge is 0.322 e. The fraction of sp³-hybridized carbons (Fsp3) is 0.350. The van der Waals surface area contributed by atoms with Gasteiger partial charge in [-0.15, -0.1) is 0 Å². The third-order valence-electron chi connectivity index (χ3n) is 4.66. The van der Waals surface area contributed by atoms with Gasteiger partial charge in [0.25, 0.3) is 0 Å². The number of urea groups is 1. The second-order valence-corrected chi connectivity index (χ2v) is 6.93. The molecule has 0 radical (unpaired) electrons. The van der Waals surface area contributed by atoms with Crippen LogP contribution in [0.4, 0.5) is 10.5 Å². The number of anilines is 1. The summed E-state index contributed by atoms with van der Waals surface area (Å²) < 4.78 is 5.20. The molecule has 2 aromatic rings. The predicted octanol–water partition coefficient (Wildman–Crippen LogP) is 5.18. The number of carbonyl (C=O) groups is 1. The van der Waals surface area contributed by atoms with E-state index in [9.17, 15) is 4.79 Å². The summed E-state index contributed by atoms with van der Waals surface area (Å²) in [5.41, 5.74) is 1.83. The third-order valence-corrected chi connectivity index (χ3v) is 4.92. The van der Waals surface area contributed by atoms with Gasteiger partial charge in [0, 0.05) is 23.3 Å². The number of nitrogens with zero attached hydrogens (tertiary/aromatic N) is 1. The second-order valence-electron chi connectivity index (χ2n) is 6.49. The first-order valence-corrected chi connectivity index (χ1v) is 8.90. The van der Waals surface area contributed by atoms with Crippen molar-refractivity contribution in [2.24, 2.45) is 5.92 Å². The van der Waals surface area contributed by atoms with Gasteiger partial charge < -0.3 is 15.0 Å². The molecule has 0 aromatic heterocycles. The summed E-state index contributed by atoms with van der Waals surface area (Å²) in [4.78, 5) is 14.8. The van der Waals surface area contributed by atoms with Crippen LogP contribution in [0.2, 0.25) is 5.02 Å². The van der Waals surface area contributed by atoms with E-state index < -0.39 is 0 Å². The predicted molar refractivity (Wildman–Crippen MR) is 101 cm³/mol. The van der Waals surface area contributed by atoms with Crippen LogP contribution in [0.15, 0.2) is 48.5 Å². The maximum Gasteiger partial charge on any atom is 0.322 e. The Balaban J connectivity index is 1.73. The molecule has 0 heterocycles. The average molecular weight is 359 g/mol. The summed E-state index contributed by atoms with van der Waals surface area (Å²) in [5.74, 6) is 1.41. The van der Waals surface area contributed by atoms with Gasteiger partial charge in [-0.25, -0.2) is 4.79 Å². The monoisotopic (exact) mass is 358 g/mol. The van der Waals surface area contributed by atoms with E-state index in [1.165, 1.54) is 12.8 Å². The Morgan fingerprint density at radius 2 is 1.84 bits per heavy atom. The molecule has 4 nitrogen and oxygen atoms in total. The molecule has 1 aliphatic carbocycles. The van der Waals surface area contributed by atoms with Crippen LogP contribution in [0, 0.1) is 5.92 Å². The van der Waals surface area contributed by atoms with Gasteiger partial charge >= 0.3 is 6.03 Å².